The number of para-hydroxylation sites is 1. The number of nitrogens with zero attached hydrogens (tertiary/aromatic N) is 1. The largest absolute Gasteiger partial charge is 0.456 e. The maximum Gasteiger partial charge on any atom is 0.326 e. The van der Waals surface area contributed by atoms with Gasteiger partial charge in [0.1, 0.15) is 6.54 Å². The van der Waals surface area contributed by atoms with E-state index in [1.807, 2.05) is 12.1 Å². The molecule has 0 atom stereocenters. The minimum absolute atomic E-state index is 0.269. The van der Waals surface area contributed by atoms with Crippen molar-refractivity contribution in [2.75, 3.05) is 18.1 Å². The number of benzene rings is 2. The predicted octanol–water partition coefficient (Wildman–Crippen LogP) is 2.52. The number of aryl methyl sites for hydroxylation is 2. The van der Waals surface area contributed by atoms with Gasteiger partial charge in [0.15, 0.2) is 12.4 Å². The van der Waals surface area contributed by atoms with Crippen LogP contribution in [0.5, 0.6) is 0 Å². The van der Waals surface area contributed by atoms with Crippen LogP contribution < -0.4 is 4.90 Å². The average molecular weight is 377 g/mol. The molecule has 0 unspecified atom stereocenters. The molecule has 2 aromatic rings. The van der Waals surface area contributed by atoms with Crippen LogP contribution in [0, 0.1) is 0 Å². The van der Waals surface area contributed by atoms with E-state index in [9.17, 15) is 19.2 Å². The maximum atomic E-state index is 12.4. The first-order chi connectivity index (χ1) is 13.5. The number of ketones is 2. The maximum absolute atomic E-state index is 12.4. The van der Waals surface area contributed by atoms with Crippen molar-refractivity contribution in [2.45, 2.75) is 25.7 Å². The zero-order valence-corrected chi connectivity index (χ0v) is 15.3. The molecule has 1 amide bonds. The highest BCUT2D eigenvalue weighted by atomic mass is 16.5. The van der Waals surface area contributed by atoms with Gasteiger partial charge in [0, 0.05) is 5.56 Å². The van der Waals surface area contributed by atoms with E-state index in [4.69, 9.17) is 4.74 Å². The normalized spacial score (nSPS) is 15.2. The molecule has 4 rings (SSSR count). The van der Waals surface area contributed by atoms with Crippen LogP contribution >= 0.6 is 0 Å². The van der Waals surface area contributed by atoms with Gasteiger partial charge < -0.3 is 4.74 Å². The van der Waals surface area contributed by atoms with Crippen molar-refractivity contribution >= 4 is 29.1 Å². The molecule has 1 aliphatic carbocycles. The topological polar surface area (TPSA) is 80.8 Å². The summed E-state index contributed by atoms with van der Waals surface area (Å²) in [5.74, 6) is -2.43. The number of hydrogen-bond acceptors (Lipinski definition) is 5. The fourth-order valence-corrected chi connectivity index (χ4v) is 3.72. The lowest BCUT2D eigenvalue weighted by atomic mass is 9.90. The molecular formula is C22H19NO5. The Bertz CT molecular complexity index is 994. The van der Waals surface area contributed by atoms with Crippen molar-refractivity contribution in [3.8, 4) is 0 Å². The molecule has 0 saturated carbocycles. The molecule has 2 aromatic carbocycles. The molecule has 6 heteroatoms. The third kappa shape index (κ3) is 3.33. The summed E-state index contributed by atoms with van der Waals surface area (Å²) in [4.78, 5) is 49.7. The Morgan fingerprint density at radius 1 is 0.964 bits per heavy atom. The number of esters is 1. The van der Waals surface area contributed by atoms with E-state index in [2.05, 4.69) is 0 Å². The van der Waals surface area contributed by atoms with Crippen LogP contribution in [0.3, 0.4) is 0 Å². The second kappa shape index (κ2) is 7.38. The minimum Gasteiger partial charge on any atom is -0.456 e. The minimum atomic E-state index is -0.765. The van der Waals surface area contributed by atoms with Crippen molar-refractivity contribution in [3.05, 3.63) is 64.7 Å². The number of carbonyl (C=O) groups excluding carboxylic acids is 4. The third-order valence-corrected chi connectivity index (χ3v) is 5.20. The van der Waals surface area contributed by atoms with Gasteiger partial charge in [-0.2, -0.15) is 0 Å². The number of anilines is 1. The van der Waals surface area contributed by atoms with E-state index in [1.54, 1.807) is 30.3 Å². The average Bonchev–Trinajstić information content (AvgIpc) is 2.96. The highest BCUT2D eigenvalue weighted by molar-refractivity contribution is 6.52. The van der Waals surface area contributed by atoms with Crippen LogP contribution in [0.15, 0.2) is 42.5 Å². The van der Waals surface area contributed by atoms with E-state index >= 15 is 0 Å². The van der Waals surface area contributed by atoms with Crippen molar-refractivity contribution in [1.82, 2.24) is 0 Å². The molecule has 1 aliphatic heterocycles. The number of hydrogen-bond donors (Lipinski definition) is 0. The molecule has 0 N–H and O–H groups in total. The first kappa shape index (κ1) is 18.1. The number of Topliss-reactive ketones (excluding diaryl/α,β-unsaturated/α-hetero) is 2. The Kier molecular flexibility index (Phi) is 4.77. The Hall–Kier alpha value is -3.28. The van der Waals surface area contributed by atoms with Crippen LogP contribution in [-0.4, -0.2) is 36.6 Å². The molecule has 28 heavy (non-hydrogen) atoms. The lowest BCUT2D eigenvalue weighted by Crippen LogP contribution is -2.36. The molecule has 142 valence electrons. The van der Waals surface area contributed by atoms with E-state index in [-0.39, 0.29) is 11.3 Å². The second-order valence-corrected chi connectivity index (χ2v) is 7.01. The van der Waals surface area contributed by atoms with Crippen molar-refractivity contribution in [1.29, 1.82) is 0 Å². The van der Waals surface area contributed by atoms with Crippen LogP contribution in [0.25, 0.3) is 0 Å². The molecule has 2 aliphatic rings. The van der Waals surface area contributed by atoms with Gasteiger partial charge >= 0.3 is 5.97 Å². The second-order valence-electron chi connectivity index (χ2n) is 7.01. The quantitative estimate of drug-likeness (QED) is 0.454. The zero-order chi connectivity index (χ0) is 19.7. The Labute approximate surface area is 162 Å². The van der Waals surface area contributed by atoms with Crippen molar-refractivity contribution in [2.24, 2.45) is 0 Å². The molecule has 6 nitrogen and oxygen atoms in total. The highest BCUT2D eigenvalue weighted by Gasteiger charge is 2.36. The summed E-state index contributed by atoms with van der Waals surface area (Å²) in [5.41, 5.74) is 3.63. The summed E-state index contributed by atoms with van der Waals surface area (Å²) in [6.07, 6.45) is 4.27. The lowest BCUT2D eigenvalue weighted by Gasteiger charge is -2.17. The zero-order valence-electron chi connectivity index (χ0n) is 15.3. The van der Waals surface area contributed by atoms with E-state index < -0.39 is 30.8 Å². The highest BCUT2D eigenvalue weighted by Crippen LogP contribution is 2.28. The molecule has 0 saturated heterocycles. The van der Waals surface area contributed by atoms with E-state index in [0.29, 0.717) is 11.3 Å². The Balaban J connectivity index is 1.38. The van der Waals surface area contributed by atoms with Gasteiger partial charge in [-0.25, -0.2) is 0 Å². The van der Waals surface area contributed by atoms with Crippen LogP contribution in [0.2, 0.25) is 0 Å². The van der Waals surface area contributed by atoms with Crippen molar-refractivity contribution in [3.63, 3.8) is 0 Å². The number of fused-ring (bicyclic) bond motifs is 2. The molecular weight excluding hydrogens is 358 g/mol. The standard InChI is InChI=1S/C22H19NO5/c24-19(16-10-9-14-5-1-2-6-15(14)11-16)13-28-20(25)12-23-18-8-4-3-7-17(18)21(26)22(23)27/h3-4,7-11H,1-2,5-6,12-13H2. The number of carbonyl (C=O) groups is 4. The van der Waals surface area contributed by atoms with Crippen molar-refractivity contribution < 1.29 is 23.9 Å². The third-order valence-electron chi connectivity index (χ3n) is 5.20. The molecule has 0 radical (unpaired) electrons. The Morgan fingerprint density at radius 3 is 2.54 bits per heavy atom. The number of amides is 1. The summed E-state index contributed by atoms with van der Waals surface area (Å²) in [7, 11) is 0. The summed E-state index contributed by atoms with van der Waals surface area (Å²) >= 11 is 0. The molecule has 0 spiro atoms. The lowest BCUT2D eigenvalue weighted by molar-refractivity contribution is -0.141. The smallest absolute Gasteiger partial charge is 0.326 e. The first-order valence-electron chi connectivity index (χ1n) is 9.30. The SMILES string of the molecule is O=C(CN1C(=O)C(=O)c2ccccc21)OCC(=O)c1ccc2c(c1)CCCC2. The molecule has 1 heterocycles. The first-order valence-corrected chi connectivity index (χ1v) is 9.30. The summed E-state index contributed by atoms with van der Waals surface area (Å²) in [5, 5.41) is 0. The van der Waals surface area contributed by atoms with Crippen LogP contribution in [0.4, 0.5) is 5.69 Å². The predicted molar refractivity (Wildman–Crippen MR) is 101 cm³/mol. The van der Waals surface area contributed by atoms with Gasteiger partial charge in [0.25, 0.3) is 11.7 Å². The van der Waals surface area contributed by atoms with Crippen LogP contribution in [0.1, 0.15) is 44.7 Å². The fraction of sp³-hybridized carbons (Fsp3) is 0.273. The number of ether oxygens (including phenoxy) is 1. The molecule has 0 bridgehead atoms. The number of rotatable bonds is 5. The van der Waals surface area contributed by atoms with E-state index in [1.165, 1.54) is 17.5 Å². The van der Waals surface area contributed by atoms with Gasteiger partial charge in [-0.05, 0) is 55.0 Å². The van der Waals surface area contributed by atoms with Gasteiger partial charge in [-0.1, -0.05) is 24.3 Å². The summed E-state index contributed by atoms with van der Waals surface area (Å²) in [6.45, 7) is -0.797. The van der Waals surface area contributed by atoms with Gasteiger partial charge in [0.05, 0.1) is 11.3 Å². The monoisotopic (exact) mass is 377 g/mol. The van der Waals surface area contributed by atoms with Gasteiger partial charge in [-0.3, -0.25) is 24.1 Å². The van der Waals surface area contributed by atoms with Gasteiger partial charge in [-0.15, -0.1) is 0 Å². The summed E-state index contributed by atoms with van der Waals surface area (Å²) < 4.78 is 5.07. The molecule has 0 fully saturated rings. The summed E-state index contributed by atoms with van der Waals surface area (Å²) in [6, 6.07) is 12.1. The Morgan fingerprint density at radius 2 is 1.71 bits per heavy atom. The van der Waals surface area contributed by atoms with Crippen LogP contribution in [-0.2, 0) is 27.2 Å². The molecule has 0 aromatic heterocycles. The fourth-order valence-electron chi connectivity index (χ4n) is 3.72. The van der Waals surface area contributed by atoms with E-state index in [0.717, 1.165) is 24.2 Å². The van der Waals surface area contributed by atoms with Gasteiger partial charge in [0.2, 0.25) is 0 Å².